The number of hydrogen-bond acceptors (Lipinski definition) is 5. The van der Waals surface area contributed by atoms with E-state index >= 15 is 0 Å². The molecule has 3 rings (SSSR count). The predicted molar refractivity (Wildman–Crippen MR) is 110 cm³/mol. The van der Waals surface area contributed by atoms with E-state index in [0.717, 1.165) is 12.8 Å². The zero-order valence-electron chi connectivity index (χ0n) is 17.4. The lowest BCUT2D eigenvalue weighted by Gasteiger charge is -2.42. The lowest BCUT2D eigenvalue weighted by molar-refractivity contribution is -0.120. The molecule has 0 saturated heterocycles. The Bertz CT molecular complexity index is 726. The van der Waals surface area contributed by atoms with Crippen LogP contribution in [0.15, 0.2) is 18.2 Å². The number of anilines is 1. The Morgan fingerprint density at radius 1 is 0.897 bits per heavy atom. The van der Waals surface area contributed by atoms with Gasteiger partial charge >= 0.3 is 11.9 Å². The summed E-state index contributed by atoms with van der Waals surface area (Å²) in [5.41, 5.74) is 0.905. The molecule has 6 nitrogen and oxygen atoms in total. The fourth-order valence-corrected chi connectivity index (χ4v) is 5.22. The number of carbonyl (C=O) groups excluding carboxylic acids is 3. The van der Waals surface area contributed by atoms with Gasteiger partial charge in [-0.2, -0.15) is 0 Å². The second kappa shape index (κ2) is 9.42. The van der Waals surface area contributed by atoms with Gasteiger partial charge in [-0.25, -0.2) is 9.59 Å². The molecular formula is C23H31NO5. The summed E-state index contributed by atoms with van der Waals surface area (Å²) in [7, 11) is 2.56. The molecule has 29 heavy (non-hydrogen) atoms. The van der Waals surface area contributed by atoms with Crippen LogP contribution in [-0.2, 0) is 14.3 Å². The molecule has 0 radical (unpaired) electrons. The van der Waals surface area contributed by atoms with E-state index in [-0.39, 0.29) is 22.4 Å². The van der Waals surface area contributed by atoms with Crippen LogP contribution >= 0.6 is 0 Å². The van der Waals surface area contributed by atoms with Gasteiger partial charge in [-0.15, -0.1) is 0 Å². The summed E-state index contributed by atoms with van der Waals surface area (Å²) < 4.78 is 9.53. The topological polar surface area (TPSA) is 81.7 Å². The summed E-state index contributed by atoms with van der Waals surface area (Å²) in [6.07, 6.45) is 11.3. The zero-order chi connectivity index (χ0) is 20.9. The van der Waals surface area contributed by atoms with Crippen molar-refractivity contribution in [3.05, 3.63) is 29.3 Å². The van der Waals surface area contributed by atoms with Gasteiger partial charge in [0.2, 0.25) is 5.91 Å². The second-order valence-electron chi connectivity index (χ2n) is 8.41. The van der Waals surface area contributed by atoms with Gasteiger partial charge < -0.3 is 14.8 Å². The highest BCUT2D eigenvalue weighted by atomic mass is 16.5. The molecule has 0 aliphatic heterocycles. The maximum atomic E-state index is 13.0. The highest BCUT2D eigenvalue weighted by Crippen LogP contribution is 2.51. The molecule has 158 valence electrons. The van der Waals surface area contributed by atoms with Gasteiger partial charge in [-0.3, -0.25) is 4.79 Å². The van der Waals surface area contributed by atoms with Crippen molar-refractivity contribution in [2.75, 3.05) is 19.5 Å². The van der Waals surface area contributed by atoms with Crippen LogP contribution < -0.4 is 5.32 Å². The van der Waals surface area contributed by atoms with Crippen molar-refractivity contribution in [2.24, 2.45) is 11.3 Å². The number of rotatable bonds is 6. The second-order valence-corrected chi connectivity index (χ2v) is 8.41. The number of hydrogen-bond donors (Lipinski definition) is 1. The van der Waals surface area contributed by atoms with E-state index in [4.69, 9.17) is 9.47 Å². The van der Waals surface area contributed by atoms with Gasteiger partial charge in [0.15, 0.2) is 0 Å². The van der Waals surface area contributed by atoms with Crippen molar-refractivity contribution in [3.8, 4) is 0 Å². The SMILES string of the molecule is COC(=O)c1cc(NC(=O)CC2(C3CCCC3)CCCCC2)cc(C(=O)OC)c1. The van der Waals surface area contributed by atoms with E-state index in [1.54, 1.807) is 12.1 Å². The highest BCUT2D eigenvalue weighted by Gasteiger charge is 2.42. The van der Waals surface area contributed by atoms with Crippen molar-refractivity contribution in [1.82, 2.24) is 0 Å². The minimum atomic E-state index is -0.569. The summed E-state index contributed by atoms with van der Waals surface area (Å²) in [6.45, 7) is 0. The number of amides is 1. The molecule has 2 fully saturated rings. The summed E-state index contributed by atoms with van der Waals surface area (Å²) in [4.78, 5) is 36.9. The van der Waals surface area contributed by atoms with Crippen LogP contribution in [0.4, 0.5) is 5.69 Å². The van der Waals surface area contributed by atoms with Crippen LogP contribution in [0, 0.1) is 11.3 Å². The third-order valence-corrected chi connectivity index (χ3v) is 6.64. The first-order chi connectivity index (χ1) is 14.0. The van der Waals surface area contributed by atoms with E-state index in [2.05, 4.69) is 5.32 Å². The Labute approximate surface area is 172 Å². The molecule has 6 heteroatoms. The largest absolute Gasteiger partial charge is 0.465 e. The molecule has 0 unspecified atom stereocenters. The van der Waals surface area contributed by atoms with Gasteiger partial charge in [-0.1, -0.05) is 32.1 Å². The normalized spacial score (nSPS) is 18.8. The van der Waals surface area contributed by atoms with E-state index in [1.807, 2.05) is 0 Å². The van der Waals surface area contributed by atoms with Crippen molar-refractivity contribution in [2.45, 2.75) is 64.2 Å². The van der Waals surface area contributed by atoms with Crippen molar-refractivity contribution in [3.63, 3.8) is 0 Å². The average Bonchev–Trinajstić information content (AvgIpc) is 3.28. The van der Waals surface area contributed by atoms with Gasteiger partial charge in [0, 0.05) is 12.1 Å². The Kier molecular flexibility index (Phi) is 6.93. The lowest BCUT2D eigenvalue weighted by atomic mass is 9.63. The number of nitrogens with one attached hydrogen (secondary N) is 1. The predicted octanol–water partition coefficient (Wildman–Crippen LogP) is 4.73. The molecule has 0 spiro atoms. The third kappa shape index (κ3) is 4.98. The van der Waals surface area contributed by atoms with Crippen LogP contribution in [0.3, 0.4) is 0 Å². The van der Waals surface area contributed by atoms with Crippen molar-refractivity contribution < 1.29 is 23.9 Å². The molecule has 1 N–H and O–H groups in total. The molecule has 2 saturated carbocycles. The van der Waals surface area contributed by atoms with Crippen molar-refractivity contribution in [1.29, 1.82) is 0 Å². The smallest absolute Gasteiger partial charge is 0.337 e. The Balaban J connectivity index is 1.79. The molecule has 0 atom stereocenters. The number of benzene rings is 1. The molecule has 2 aliphatic rings. The van der Waals surface area contributed by atoms with Gasteiger partial charge in [0.25, 0.3) is 0 Å². The standard InChI is InChI=1S/C23H31NO5/c1-28-21(26)16-12-17(22(27)29-2)14-19(13-16)24-20(25)15-23(10-6-3-7-11-23)18-8-4-5-9-18/h12-14,18H,3-11,15H2,1-2H3,(H,24,25). The summed E-state index contributed by atoms with van der Waals surface area (Å²) >= 11 is 0. The lowest BCUT2D eigenvalue weighted by Crippen LogP contribution is -2.35. The fourth-order valence-electron chi connectivity index (χ4n) is 5.22. The fraction of sp³-hybridized carbons (Fsp3) is 0.609. The zero-order valence-corrected chi connectivity index (χ0v) is 17.4. The number of ether oxygens (including phenoxy) is 2. The minimum Gasteiger partial charge on any atom is -0.465 e. The van der Waals surface area contributed by atoms with E-state index in [1.165, 1.54) is 65.2 Å². The first-order valence-electron chi connectivity index (χ1n) is 10.6. The Morgan fingerprint density at radius 2 is 1.45 bits per heavy atom. The maximum absolute atomic E-state index is 13.0. The van der Waals surface area contributed by atoms with Crippen LogP contribution in [0.1, 0.15) is 84.9 Å². The van der Waals surface area contributed by atoms with Crippen molar-refractivity contribution >= 4 is 23.5 Å². The average molecular weight is 402 g/mol. The maximum Gasteiger partial charge on any atom is 0.337 e. The summed E-state index contributed by atoms with van der Waals surface area (Å²) in [6, 6.07) is 4.49. The summed E-state index contributed by atoms with van der Waals surface area (Å²) in [5, 5.41) is 2.92. The van der Waals surface area contributed by atoms with Crippen LogP contribution in [0.5, 0.6) is 0 Å². The van der Waals surface area contributed by atoms with Gasteiger partial charge in [0.05, 0.1) is 25.3 Å². The van der Waals surface area contributed by atoms with E-state index in [9.17, 15) is 14.4 Å². The molecule has 1 aromatic rings. The number of esters is 2. The van der Waals surface area contributed by atoms with E-state index in [0.29, 0.717) is 18.0 Å². The molecule has 1 amide bonds. The third-order valence-electron chi connectivity index (χ3n) is 6.64. The summed E-state index contributed by atoms with van der Waals surface area (Å²) in [5.74, 6) is -0.570. The molecule has 0 heterocycles. The Morgan fingerprint density at radius 3 is 1.97 bits per heavy atom. The monoisotopic (exact) mass is 401 g/mol. The molecular weight excluding hydrogens is 370 g/mol. The molecule has 1 aromatic carbocycles. The van der Waals surface area contributed by atoms with Crippen LogP contribution in [0.25, 0.3) is 0 Å². The number of methoxy groups -OCH3 is 2. The first kappa shape index (κ1) is 21.3. The van der Waals surface area contributed by atoms with Gasteiger partial charge in [0.1, 0.15) is 0 Å². The van der Waals surface area contributed by atoms with Crippen LogP contribution in [-0.4, -0.2) is 32.1 Å². The minimum absolute atomic E-state index is 0.0587. The van der Waals surface area contributed by atoms with Crippen LogP contribution in [0.2, 0.25) is 0 Å². The molecule has 0 aromatic heterocycles. The highest BCUT2D eigenvalue weighted by molar-refractivity contribution is 5.99. The molecule has 0 bridgehead atoms. The van der Waals surface area contributed by atoms with E-state index < -0.39 is 11.9 Å². The quantitative estimate of drug-likeness (QED) is 0.697. The molecule has 2 aliphatic carbocycles. The Hall–Kier alpha value is -2.37. The van der Waals surface area contributed by atoms with Gasteiger partial charge in [-0.05, 0) is 55.2 Å². The number of carbonyl (C=O) groups is 3. The first-order valence-corrected chi connectivity index (χ1v) is 10.6.